The zero-order valence-corrected chi connectivity index (χ0v) is 18.9. The van der Waals surface area contributed by atoms with E-state index >= 15 is 0 Å². The summed E-state index contributed by atoms with van der Waals surface area (Å²) in [5.74, 6) is 1.08. The molecule has 0 fully saturated rings. The molecule has 1 aromatic carbocycles. The highest BCUT2D eigenvalue weighted by Gasteiger charge is 2.37. The lowest BCUT2D eigenvalue weighted by Crippen LogP contribution is -2.40. The van der Waals surface area contributed by atoms with Gasteiger partial charge in [0.25, 0.3) is 5.91 Å². The van der Waals surface area contributed by atoms with E-state index in [1.165, 1.54) is 0 Å². The largest absolute Gasteiger partial charge is 0.497 e. The molecule has 1 heterocycles. The van der Waals surface area contributed by atoms with Crippen molar-refractivity contribution in [1.29, 1.82) is 0 Å². The van der Waals surface area contributed by atoms with E-state index in [0.717, 1.165) is 17.0 Å². The summed E-state index contributed by atoms with van der Waals surface area (Å²) in [6.45, 7) is 13.6. The van der Waals surface area contributed by atoms with Gasteiger partial charge in [-0.2, -0.15) is 0 Å². The molecule has 0 saturated carbocycles. The number of rotatable bonds is 7. The van der Waals surface area contributed by atoms with Crippen LogP contribution in [-0.2, 0) is 17.6 Å². The van der Waals surface area contributed by atoms with Crippen LogP contribution in [-0.4, -0.2) is 31.3 Å². The predicted octanol–water partition coefficient (Wildman–Crippen LogP) is 4.25. The first-order valence-corrected chi connectivity index (χ1v) is 12.3. The van der Waals surface area contributed by atoms with Crippen LogP contribution >= 0.6 is 0 Å². The number of aryl methyl sites for hydroxylation is 1. The first-order valence-electron chi connectivity index (χ1n) is 9.41. The summed E-state index contributed by atoms with van der Waals surface area (Å²) in [7, 11) is -0.271. The standard InChI is InChI=1S/C21H31N3O3Si/c1-15-23-17(14-27-28(6,7)21(2,3)4)12-19(24-15)20(25)22-13-16-9-8-10-18(11-16)26-5/h8-12H,13-14H2,1-7H3,(H,22,25). The average molecular weight is 402 g/mol. The Labute approximate surface area is 168 Å². The Hall–Kier alpha value is -2.25. The summed E-state index contributed by atoms with van der Waals surface area (Å²) in [4.78, 5) is 21.3. The van der Waals surface area contributed by atoms with E-state index in [-0.39, 0.29) is 10.9 Å². The monoisotopic (exact) mass is 401 g/mol. The number of benzene rings is 1. The van der Waals surface area contributed by atoms with Crippen LogP contribution < -0.4 is 10.1 Å². The Morgan fingerprint density at radius 2 is 1.89 bits per heavy atom. The molecule has 0 bridgehead atoms. The molecule has 0 aliphatic rings. The van der Waals surface area contributed by atoms with Gasteiger partial charge in [0.05, 0.1) is 19.4 Å². The number of aromatic nitrogens is 2. The van der Waals surface area contributed by atoms with Gasteiger partial charge in [-0.05, 0) is 48.8 Å². The number of methoxy groups -OCH3 is 1. The van der Waals surface area contributed by atoms with Gasteiger partial charge in [0, 0.05) is 6.54 Å². The molecule has 0 atom stereocenters. The highest BCUT2D eigenvalue weighted by atomic mass is 28.4. The zero-order valence-electron chi connectivity index (χ0n) is 17.9. The number of ether oxygens (including phenoxy) is 1. The van der Waals surface area contributed by atoms with Crippen LogP contribution in [0.25, 0.3) is 0 Å². The summed E-state index contributed by atoms with van der Waals surface area (Å²) < 4.78 is 11.4. The van der Waals surface area contributed by atoms with Gasteiger partial charge in [0.1, 0.15) is 17.3 Å². The fourth-order valence-corrected chi connectivity index (χ4v) is 3.29. The Kier molecular flexibility index (Phi) is 6.95. The first kappa shape index (κ1) is 22.0. The highest BCUT2D eigenvalue weighted by molar-refractivity contribution is 6.74. The topological polar surface area (TPSA) is 73.3 Å². The Bertz CT molecular complexity index is 832. The molecule has 0 spiro atoms. The maximum atomic E-state index is 12.6. The Balaban J connectivity index is 2.06. The maximum absolute atomic E-state index is 12.6. The Morgan fingerprint density at radius 3 is 2.54 bits per heavy atom. The maximum Gasteiger partial charge on any atom is 0.270 e. The van der Waals surface area contributed by atoms with Crippen LogP contribution in [0.3, 0.4) is 0 Å². The number of amides is 1. The smallest absolute Gasteiger partial charge is 0.270 e. The van der Waals surface area contributed by atoms with Crippen LogP contribution in [0, 0.1) is 6.92 Å². The number of hydrogen-bond donors (Lipinski definition) is 1. The fourth-order valence-electron chi connectivity index (χ4n) is 2.35. The second kappa shape index (κ2) is 8.83. The van der Waals surface area contributed by atoms with Gasteiger partial charge in [-0.25, -0.2) is 9.97 Å². The molecule has 2 aromatic rings. The number of carbonyl (C=O) groups is 1. The molecular formula is C21H31N3O3Si. The van der Waals surface area contributed by atoms with E-state index in [1.54, 1.807) is 20.1 Å². The highest BCUT2D eigenvalue weighted by Crippen LogP contribution is 2.36. The molecule has 0 aliphatic heterocycles. The van der Waals surface area contributed by atoms with Crippen LogP contribution in [0.1, 0.15) is 48.3 Å². The van der Waals surface area contributed by atoms with Crippen molar-refractivity contribution in [3.8, 4) is 5.75 Å². The quantitative estimate of drug-likeness (QED) is 0.702. The van der Waals surface area contributed by atoms with Gasteiger partial charge in [0.15, 0.2) is 8.32 Å². The third-order valence-corrected chi connectivity index (χ3v) is 9.58. The van der Waals surface area contributed by atoms with E-state index in [1.807, 2.05) is 24.3 Å². The summed E-state index contributed by atoms with van der Waals surface area (Å²) in [5, 5.41) is 3.02. The third kappa shape index (κ3) is 5.87. The number of nitrogens with zero attached hydrogens (tertiary/aromatic N) is 2. The molecular weight excluding hydrogens is 370 g/mol. The van der Waals surface area contributed by atoms with Crippen molar-refractivity contribution in [2.75, 3.05) is 7.11 Å². The lowest BCUT2D eigenvalue weighted by Gasteiger charge is -2.36. The van der Waals surface area contributed by atoms with Gasteiger partial charge in [-0.1, -0.05) is 32.9 Å². The normalized spacial score (nSPS) is 12.0. The van der Waals surface area contributed by atoms with Gasteiger partial charge in [-0.3, -0.25) is 4.79 Å². The van der Waals surface area contributed by atoms with Gasteiger partial charge < -0.3 is 14.5 Å². The molecule has 152 valence electrons. The Morgan fingerprint density at radius 1 is 1.18 bits per heavy atom. The minimum absolute atomic E-state index is 0.117. The minimum atomic E-state index is -1.89. The van der Waals surface area contributed by atoms with Crippen molar-refractivity contribution in [3.63, 3.8) is 0 Å². The van der Waals surface area contributed by atoms with Crippen molar-refractivity contribution in [2.24, 2.45) is 0 Å². The third-order valence-electron chi connectivity index (χ3n) is 5.10. The molecule has 6 nitrogen and oxygen atoms in total. The van der Waals surface area contributed by atoms with E-state index < -0.39 is 8.32 Å². The van der Waals surface area contributed by atoms with E-state index in [2.05, 4.69) is 49.1 Å². The number of hydrogen-bond acceptors (Lipinski definition) is 5. The van der Waals surface area contributed by atoms with E-state index in [4.69, 9.17) is 9.16 Å². The summed E-state index contributed by atoms with van der Waals surface area (Å²) >= 11 is 0. The number of nitrogens with one attached hydrogen (secondary N) is 1. The van der Waals surface area contributed by atoms with Gasteiger partial charge in [-0.15, -0.1) is 0 Å². The molecule has 0 unspecified atom stereocenters. The SMILES string of the molecule is COc1cccc(CNC(=O)c2cc(CO[Si](C)(C)C(C)(C)C)nc(C)n2)c1. The second-order valence-corrected chi connectivity index (χ2v) is 13.2. The van der Waals surface area contributed by atoms with Crippen LogP contribution in [0.5, 0.6) is 5.75 Å². The van der Waals surface area contributed by atoms with Gasteiger partial charge >= 0.3 is 0 Å². The lowest BCUT2D eigenvalue weighted by molar-refractivity contribution is 0.0945. The van der Waals surface area contributed by atoms with Crippen molar-refractivity contribution in [1.82, 2.24) is 15.3 Å². The molecule has 0 aliphatic carbocycles. The second-order valence-electron chi connectivity index (χ2n) is 8.37. The average Bonchev–Trinajstić information content (AvgIpc) is 2.63. The van der Waals surface area contributed by atoms with Crippen molar-refractivity contribution >= 4 is 14.2 Å². The fraction of sp³-hybridized carbons (Fsp3) is 0.476. The summed E-state index contributed by atoms with van der Waals surface area (Å²) in [5.41, 5.74) is 2.04. The molecule has 1 amide bonds. The zero-order chi connectivity index (χ0) is 20.9. The lowest BCUT2D eigenvalue weighted by atomic mass is 10.2. The summed E-state index contributed by atoms with van der Waals surface area (Å²) in [6.07, 6.45) is 0. The molecule has 28 heavy (non-hydrogen) atoms. The van der Waals surface area contributed by atoms with Gasteiger partial charge in [0.2, 0.25) is 0 Å². The predicted molar refractivity (Wildman–Crippen MR) is 113 cm³/mol. The molecule has 1 N–H and O–H groups in total. The van der Waals surface area contributed by atoms with Crippen LogP contribution in [0.4, 0.5) is 0 Å². The van der Waals surface area contributed by atoms with Crippen LogP contribution in [0.15, 0.2) is 30.3 Å². The first-order chi connectivity index (χ1) is 13.0. The number of carbonyl (C=O) groups excluding carboxylic acids is 1. The molecule has 2 rings (SSSR count). The molecule has 0 saturated heterocycles. The van der Waals surface area contributed by atoms with Crippen molar-refractivity contribution in [2.45, 2.75) is 59.0 Å². The van der Waals surface area contributed by atoms with E-state index in [9.17, 15) is 4.79 Å². The van der Waals surface area contributed by atoms with E-state index in [0.29, 0.717) is 24.7 Å². The summed E-state index contributed by atoms with van der Waals surface area (Å²) in [6, 6.07) is 9.30. The molecule has 0 radical (unpaired) electrons. The van der Waals surface area contributed by atoms with Crippen molar-refractivity contribution < 1.29 is 14.0 Å². The minimum Gasteiger partial charge on any atom is -0.497 e. The molecule has 7 heteroatoms. The molecule has 1 aromatic heterocycles. The van der Waals surface area contributed by atoms with Crippen LogP contribution in [0.2, 0.25) is 18.1 Å². The van der Waals surface area contributed by atoms with Crippen molar-refractivity contribution in [3.05, 3.63) is 53.1 Å².